The summed E-state index contributed by atoms with van der Waals surface area (Å²) in [4.78, 5) is 21.1. The lowest BCUT2D eigenvalue weighted by molar-refractivity contribution is -0.139. The van der Waals surface area contributed by atoms with E-state index in [1.54, 1.807) is 6.92 Å². The summed E-state index contributed by atoms with van der Waals surface area (Å²) in [5.74, 6) is -0.425. The second-order valence-corrected chi connectivity index (χ2v) is 2.37. The molecule has 0 aromatic heterocycles. The molecule has 0 aliphatic heterocycles. The van der Waals surface area contributed by atoms with Crippen LogP contribution in [-0.2, 0) is 14.3 Å². The van der Waals surface area contributed by atoms with Gasteiger partial charge in [-0.1, -0.05) is 6.58 Å². The Balaban J connectivity index is 3.47. The minimum Gasteiger partial charge on any atom is -0.462 e. The van der Waals surface area contributed by atoms with E-state index in [2.05, 4.69) is 11.3 Å². The van der Waals surface area contributed by atoms with Crippen LogP contribution in [-0.4, -0.2) is 18.4 Å². The van der Waals surface area contributed by atoms with Crippen molar-refractivity contribution in [1.29, 1.82) is 0 Å². The molecule has 0 heterocycles. The van der Waals surface area contributed by atoms with E-state index in [0.29, 0.717) is 5.57 Å². The number of carbonyl (C=O) groups excluding carboxylic acids is 2. The second-order valence-electron chi connectivity index (χ2n) is 2.37. The van der Waals surface area contributed by atoms with Crippen molar-refractivity contribution in [3.63, 3.8) is 0 Å². The Kier molecular flexibility index (Phi) is 4.18. The normalized spacial score (nSPS) is 8.91. The molecule has 0 radical (unpaired) electrons. The average Bonchev–Trinajstić information content (AvgIpc) is 1.86. The Morgan fingerprint density at radius 2 is 1.91 bits per heavy atom. The van der Waals surface area contributed by atoms with Crippen molar-refractivity contribution in [1.82, 2.24) is 0 Å². The van der Waals surface area contributed by atoms with Crippen molar-refractivity contribution in [3.05, 3.63) is 12.2 Å². The van der Waals surface area contributed by atoms with Gasteiger partial charge in [-0.2, -0.15) is 0 Å². The van der Waals surface area contributed by atoms with Gasteiger partial charge in [0.25, 0.3) is 0 Å². The number of ketones is 1. The topological polar surface area (TPSA) is 43.4 Å². The molecule has 0 unspecified atom stereocenters. The van der Waals surface area contributed by atoms with E-state index in [-0.39, 0.29) is 18.8 Å². The van der Waals surface area contributed by atoms with Gasteiger partial charge in [-0.3, -0.25) is 4.79 Å². The van der Waals surface area contributed by atoms with Gasteiger partial charge in [-0.25, -0.2) is 4.79 Å². The molecule has 0 amide bonds. The van der Waals surface area contributed by atoms with Gasteiger partial charge in [0.05, 0.1) is 6.61 Å². The highest BCUT2D eigenvalue weighted by Crippen LogP contribution is 1.93. The zero-order valence-electron chi connectivity index (χ0n) is 6.85. The molecule has 0 spiro atoms. The van der Waals surface area contributed by atoms with E-state index >= 15 is 0 Å². The molecule has 0 aromatic carbocycles. The Morgan fingerprint density at radius 1 is 1.36 bits per heavy atom. The Morgan fingerprint density at radius 3 is 2.27 bits per heavy atom. The lowest BCUT2D eigenvalue weighted by atomic mass is 10.3. The first-order valence-corrected chi connectivity index (χ1v) is 3.36. The van der Waals surface area contributed by atoms with Crippen LogP contribution in [0.15, 0.2) is 12.2 Å². The molecule has 0 N–H and O–H groups in total. The molecule has 3 nitrogen and oxygen atoms in total. The number of hydrogen-bond acceptors (Lipinski definition) is 3. The maximum atomic E-state index is 10.7. The van der Waals surface area contributed by atoms with E-state index in [4.69, 9.17) is 0 Å². The van der Waals surface area contributed by atoms with Gasteiger partial charge in [0.2, 0.25) is 0 Å². The first kappa shape index (κ1) is 9.88. The predicted octanol–water partition coefficient (Wildman–Crippen LogP) is 1.08. The monoisotopic (exact) mass is 156 g/mol. The van der Waals surface area contributed by atoms with Gasteiger partial charge in [0.15, 0.2) is 0 Å². The van der Waals surface area contributed by atoms with Crippen molar-refractivity contribution in [2.45, 2.75) is 20.3 Å². The summed E-state index contributed by atoms with van der Waals surface area (Å²) in [6.07, 6.45) is 0.277. The molecule has 3 heteroatoms. The fourth-order valence-electron chi connectivity index (χ4n) is 0.411. The van der Waals surface area contributed by atoms with Crippen LogP contribution in [0.3, 0.4) is 0 Å². The maximum Gasteiger partial charge on any atom is 0.333 e. The highest BCUT2D eigenvalue weighted by molar-refractivity contribution is 5.87. The first-order valence-electron chi connectivity index (χ1n) is 3.36. The van der Waals surface area contributed by atoms with Gasteiger partial charge in [0.1, 0.15) is 5.78 Å². The number of Topliss-reactive ketones (excluding diaryl/α,β-unsaturated/α-hetero) is 1. The molecule has 0 saturated heterocycles. The molecule has 0 saturated carbocycles. The van der Waals surface area contributed by atoms with Crippen molar-refractivity contribution in [2.24, 2.45) is 0 Å². The lowest BCUT2D eigenvalue weighted by Gasteiger charge is -2.00. The highest BCUT2D eigenvalue weighted by Gasteiger charge is 2.02. The van der Waals surface area contributed by atoms with Crippen molar-refractivity contribution in [2.75, 3.05) is 6.61 Å². The summed E-state index contributed by atoms with van der Waals surface area (Å²) in [6, 6.07) is 0. The van der Waals surface area contributed by atoms with Crippen LogP contribution in [0.25, 0.3) is 0 Å². The standard InChI is InChI=1S/C8H12O3/c1-6(2)8(10)11-5-4-7(3)9/h1,4-5H2,2-3H3. The summed E-state index contributed by atoms with van der Waals surface area (Å²) in [5, 5.41) is 0. The summed E-state index contributed by atoms with van der Waals surface area (Å²) in [5.41, 5.74) is 0.355. The van der Waals surface area contributed by atoms with Crippen LogP contribution in [0.4, 0.5) is 0 Å². The third kappa shape index (κ3) is 5.33. The largest absolute Gasteiger partial charge is 0.462 e. The fourth-order valence-corrected chi connectivity index (χ4v) is 0.411. The molecule has 62 valence electrons. The molecule has 0 rings (SSSR count). The molecule has 11 heavy (non-hydrogen) atoms. The number of carbonyl (C=O) groups is 2. The molecular weight excluding hydrogens is 144 g/mol. The third-order valence-corrected chi connectivity index (χ3v) is 1.04. The minimum absolute atomic E-state index is 0.0134. The van der Waals surface area contributed by atoms with Crippen molar-refractivity contribution >= 4 is 11.8 Å². The van der Waals surface area contributed by atoms with Crippen LogP contribution in [0.2, 0.25) is 0 Å². The van der Waals surface area contributed by atoms with Gasteiger partial charge in [0, 0.05) is 12.0 Å². The highest BCUT2D eigenvalue weighted by atomic mass is 16.5. The van der Waals surface area contributed by atoms with E-state index in [1.165, 1.54) is 6.92 Å². The van der Waals surface area contributed by atoms with Crippen LogP contribution in [0, 0.1) is 0 Å². The van der Waals surface area contributed by atoms with E-state index < -0.39 is 5.97 Å². The number of rotatable bonds is 4. The molecule has 0 aliphatic carbocycles. The summed E-state index contributed by atoms with van der Waals surface area (Å²) in [7, 11) is 0. The minimum atomic E-state index is -0.439. The Labute approximate surface area is 66.0 Å². The van der Waals surface area contributed by atoms with Crippen molar-refractivity contribution < 1.29 is 14.3 Å². The maximum absolute atomic E-state index is 10.7. The van der Waals surface area contributed by atoms with Gasteiger partial charge in [-0.05, 0) is 13.8 Å². The van der Waals surface area contributed by atoms with Crippen LogP contribution < -0.4 is 0 Å². The van der Waals surface area contributed by atoms with E-state index in [0.717, 1.165) is 0 Å². The van der Waals surface area contributed by atoms with Gasteiger partial charge in [-0.15, -0.1) is 0 Å². The fraction of sp³-hybridized carbons (Fsp3) is 0.500. The smallest absolute Gasteiger partial charge is 0.333 e. The lowest BCUT2D eigenvalue weighted by Crippen LogP contribution is -2.08. The number of hydrogen-bond donors (Lipinski definition) is 0. The molecular formula is C8H12O3. The zero-order chi connectivity index (χ0) is 8.85. The predicted molar refractivity (Wildman–Crippen MR) is 41.1 cm³/mol. The molecule has 0 fully saturated rings. The van der Waals surface area contributed by atoms with Crippen LogP contribution in [0.1, 0.15) is 20.3 Å². The van der Waals surface area contributed by atoms with E-state index in [9.17, 15) is 9.59 Å². The third-order valence-electron chi connectivity index (χ3n) is 1.04. The van der Waals surface area contributed by atoms with Crippen molar-refractivity contribution in [3.8, 4) is 0 Å². The quantitative estimate of drug-likeness (QED) is 0.452. The van der Waals surface area contributed by atoms with Crippen LogP contribution >= 0.6 is 0 Å². The van der Waals surface area contributed by atoms with Gasteiger partial charge >= 0.3 is 5.97 Å². The van der Waals surface area contributed by atoms with Crippen LogP contribution in [0.5, 0.6) is 0 Å². The summed E-state index contributed by atoms with van der Waals surface area (Å²) in [6.45, 7) is 6.57. The molecule has 0 bridgehead atoms. The first-order chi connectivity index (χ1) is 5.04. The summed E-state index contributed by atoms with van der Waals surface area (Å²) < 4.78 is 4.65. The zero-order valence-corrected chi connectivity index (χ0v) is 6.85. The molecule has 0 atom stereocenters. The molecule has 0 aliphatic rings. The van der Waals surface area contributed by atoms with Gasteiger partial charge < -0.3 is 4.74 Å². The number of ether oxygens (including phenoxy) is 1. The summed E-state index contributed by atoms with van der Waals surface area (Å²) >= 11 is 0. The second kappa shape index (κ2) is 4.66. The Hall–Kier alpha value is -1.12. The Bertz CT molecular complexity index is 182. The van der Waals surface area contributed by atoms with E-state index in [1.807, 2.05) is 0 Å². The average molecular weight is 156 g/mol. The SMILES string of the molecule is C=C(C)C(=O)OCCC(C)=O. The molecule has 0 aromatic rings. The number of esters is 1.